The molecule has 3 aliphatic rings. The summed E-state index contributed by atoms with van der Waals surface area (Å²) in [4.78, 5) is 48.7. The number of thiophene rings is 1. The van der Waals surface area contributed by atoms with E-state index in [0.29, 0.717) is 31.0 Å². The molecule has 1 saturated heterocycles. The summed E-state index contributed by atoms with van der Waals surface area (Å²) in [5.41, 5.74) is 2.77. The van der Waals surface area contributed by atoms with Crippen LogP contribution in [-0.4, -0.2) is 52.5 Å². The third kappa shape index (κ3) is 5.96. The predicted octanol–water partition coefficient (Wildman–Crippen LogP) is 5.26. The molecule has 0 unspecified atom stereocenters. The first kappa shape index (κ1) is 27.2. The van der Waals surface area contributed by atoms with Crippen LogP contribution in [0.3, 0.4) is 0 Å². The Kier molecular flexibility index (Phi) is 8.52. The lowest BCUT2D eigenvalue weighted by Gasteiger charge is -2.36. The number of allylic oxidation sites excluding steroid dienone is 1. The molecular formula is C29H31N3O5S2. The first-order valence-electron chi connectivity index (χ1n) is 13.1. The molecule has 1 aromatic carbocycles. The molecule has 4 heterocycles. The number of aliphatic imine (C=N–C) groups is 1. The predicted molar refractivity (Wildman–Crippen MR) is 151 cm³/mol. The maximum Gasteiger partial charge on any atom is 0.338 e. The molecule has 3 aliphatic heterocycles. The maximum absolute atomic E-state index is 13.5. The van der Waals surface area contributed by atoms with Crippen LogP contribution in [0.2, 0.25) is 0 Å². The molecule has 204 valence electrons. The Labute approximate surface area is 236 Å². The van der Waals surface area contributed by atoms with Crippen LogP contribution in [-0.2, 0) is 30.5 Å². The van der Waals surface area contributed by atoms with Crippen molar-refractivity contribution in [3.8, 4) is 0 Å². The minimum atomic E-state index is -0.441. The van der Waals surface area contributed by atoms with Crippen molar-refractivity contribution < 1.29 is 23.9 Å². The summed E-state index contributed by atoms with van der Waals surface area (Å²) in [6, 6.07) is 13.1. The number of likely N-dealkylation sites (tertiary alicyclic amines) is 1. The van der Waals surface area contributed by atoms with Gasteiger partial charge in [-0.2, -0.15) is 0 Å². The summed E-state index contributed by atoms with van der Waals surface area (Å²) in [6.07, 6.45) is 1.63. The first-order valence-corrected chi connectivity index (χ1v) is 14.9. The number of ether oxygens (including phenoxy) is 2. The Balaban J connectivity index is 1.35. The van der Waals surface area contributed by atoms with Crippen LogP contribution in [0.5, 0.6) is 0 Å². The average Bonchev–Trinajstić information content (AvgIpc) is 3.62. The Hall–Kier alpha value is -3.37. The van der Waals surface area contributed by atoms with Crippen LogP contribution in [0.4, 0.5) is 0 Å². The Morgan fingerprint density at radius 2 is 1.92 bits per heavy atom. The number of rotatable bonds is 8. The normalized spacial score (nSPS) is 20.8. The van der Waals surface area contributed by atoms with E-state index in [0.717, 1.165) is 34.1 Å². The van der Waals surface area contributed by atoms with E-state index in [1.165, 1.54) is 11.8 Å². The summed E-state index contributed by atoms with van der Waals surface area (Å²) in [5, 5.41) is 4.65. The van der Waals surface area contributed by atoms with Crippen molar-refractivity contribution in [3.05, 3.63) is 80.7 Å². The summed E-state index contributed by atoms with van der Waals surface area (Å²) >= 11 is 3.00. The summed E-state index contributed by atoms with van der Waals surface area (Å²) in [5.74, 6) is -1.01. The average molecular weight is 566 g/mol. The summed E-state index contributed by atoms with van der Waals surface area (Å²) < 4.78 is 10.9. The third-order valence-electron chi connectivity index (χ3n) is 6.97. The van der Waals surface area contributed by atoms with E-state index >= 15 is 0 Å². The molecule has 0 spiro atoms. The molecule has 8 nitrogen and oxygen atoms in total. The van der Waals surface area contributed by atoms with Crippen molar-refractivity contribution in [2.45, 2.75) is 45.8 Å². The van der Waals surface area contributed by atoms with Crippen molar-refractivity contribution in [2.24, 2.45) is 10.9 Å². The highest BCUT2D eigenvalue weighted by Crippen LogP contribution is 2.46. The number of carbonyl (C=O) groups is 3. The van der Waals surface area contributed by atoms with Gasteiger partial charge in [0.15, 0.2) is 5.17 Å². The minimum absolute atomic E-state index is 0.0542. The fourth-order valence-electron chi connectivity index (χ4n) is 5.07. The number of fused-ring (bicyclic) bond motifs is 1. The minimum Gasteiger partial charge on any atom is -0.466 e. The topological polar surface area (TPSA) is 88.5 Å². The molecule has 2 aromatic rings. The number of hydrogen-bond donors (Lipinski definition) is 0. The molecule has 2 atom stereocenters. The van der Waals surface area contributed by atoms with Gasteiger partial charge in [-0.25, -0.2) is 9.79 Å². The summed E-state index contributed by atoms with van der Waals surface area (Å²) in [6.45, 7) is 5.09. The van der Waals surface area contributed by atoms with Crippen LogP contribution >= 0.6 is 23.1 Å². The third-order valence-corrected chi connectivity index (χ3v) is 8.79. The molecule has 0 radical (unpaired) electrons. The lowest BCUT2D eigenvalue weighted by molar-refractivity contribution is -0.151. The van der Waals surface area contributed by atoms with Crippen LogP contribution in [0.25, 0.3) is 0 Å². The van der Waals surface area contributed by atoms with Crippen molar-refractivity contribution in [1.29, 1.82) is 0 Å². The van der Waals surface area contributed by atoms with Gasteiger partial charge in [-0.05, 0) is 49.1 Å². The monoisotopic (exact) mass is 565 g/mol. The fourth-order valence-corrected chi connectivity index (χ4v) is 6.86. The van der Waals surface area contributed by atoms with E-state index in [4.69, 9.17) is 14.5 Å². The Morgan fingerprint density at radius 3 is 2.67 bits per heavy atom. The number of esters is 2. The van der Waals surface area contributed by atoms with Gasteiger partial charge in [-0.1, -0.05) is 48.2 Å². The van der Waals surface area contributed by atoms with Gasteiger partial charge in [0.25, 0.3) is 0 Å². The molecule has 10 heteroatoms. The number of thioether (sulfide) groups is 1. The van der Waals surface area contributed by atoms with Gasteiger partial charge in [0.2, 0.25) is 5.91 Å². The van der Waals surface area contributed by atoms with Gasteiger partial charge in [-0.15, -0.1) is 11.3 Å². The molecule has 0 bridgehead atoms. The SMILES string of the molecule is CCOC(=O)[C@@H]1CCCN(C(=O)CC2=CSC3=NC(C)=C(C(=O)OCc4ccccc4)[C@@H](c4cccs4)N23)C1. The van der Waals surface area contributed by atoms with Crippen LogP contribution in [0, 0.1) is 5.92 Å². The molecule has 1 fully saturated rings. The standard InChI is InChI=1S/C29H31N3O5S2/c1-3-36-27(34)21-11-7-13-31(16-21)24(33)15-22-18-39-29-30-19(2)25(26(32(22)29)23-12-8-14-38-23)28(35)37-17-20-9-5-4-6-10-20/h4-6,8-10,12,14,18,21,26H,3,7,11,13,15-17H2,1-2H3/t21-,26-/m1/s1. The fraction of sp³-hybridized carbons (Fsp3) is 0.379. The zero-order valence-corrected chi connectivity index (χ0v) is 23.6. The first-order chi connectivity index (χ1) is 19.0. The highest BCUT2D eigenvalue weighted by atomic mass is 32.2. The number of hydrogen-bond acceptors (Lipinski definition) is 9. The van der Waals surface area contributed by atoms with Crippen molar-refractivity contribution in [2.75, 3.05) is 19.7 Å². The van der Waals surface area contributed by atoms with Gasteiger partial charge in [0.05, 0.1) is 30.2 Å². The zero-order valence-electron chi connectivity index (χ0n) is 22.0. The number of carbonyl (C=O) groups excluding carboxylic acids is 3. The number of piperidine rings is 1. The van der Waals surface area contributed by atoms with Crippen LogP contribution < -0.4 is 0 Å². The van der Waals surface area contributed by atoms with Crippen molar-refractivity contribution in [3.63, 3.8) is 0 Å². The zero-order chi connectivity index (χ0) is 27.4. The van der Waals surface area contributed by atoms with E-state index in [1.54, 1.807) is 23.2 Å². The smallest absolute Gasteiger partial charge is 0.338 e. The number of amides is 1. The van der Waals surface area contributed by atoms with Crippen LogP contribution in [0.1, 0.15) is 49.6 Å². The largest absolute Gasteiger partial charge is 0.466 e. The van der Waals surface area contributed by atoms with E-state index in [2.05, 4.69) is 0 Å². The van der Waals surface area contributed by atoms with Gasteiger partial charge in [0.1, 0.15) is 12.6 Å². The number of amidine groups is 1. The summed E-state index contributed by atoms with van der Waals surface area (Å²) in [7, 11) is 0. The van der Waals surface area contributed by atoms with Gasteiger partial charge in [-0.3, -0.25) is 9.59 Å². The highest BCUT2D eigenvalue weighted by molar-refractivity contribution is 8.16. The number of benzene rings is 1. The second kappa shape index (κ2) is 12.2. The molecule has 1 aromatic heterocycles. The lowest BCUT2D eigenvalue weighted by atomic mass is 9.97. The van der Waals surface area contributed by atoms with E-state index < -0.39 is 12.0 Å². The van der Waals surface area contributed by atoms with E-state index in [9.17, 15) is 14.4 Å². The van der Waals surface area contributed by atoms with Gasteiger partial charge < -0.3 is 19.3 Å². The molecule has 0 saturated carbocycles. The van der Waals surface area contributed by atoms with Crippen molar-refractivity contribution in [1.82, 2.24) is 9.80 Å². The van der Waals surface area contributed by atoms with Crippen LogP contribution in [0.15, 0.2) is 75.2 Å². The van der Waals surface area contributed by atoms with E-state index in [-0.39, 0.29) is 30.8 Å². The maximum atomic E-state index is 13.5. The van der Waals surface area contributed by atoms with E-state index in [1.807, 2.05) is 65.1 Å². The highest BCUT2D eigenvalue weighted by Gasteiger charge is 2.42. The molecule has 39 heavy (non-hydrogen) atoms. The Bertz CT molecular complexity index is 1320. The molecule has 0 N–H and O–H groups in total. The van der Waals surface area contributed by atoms with Gasteiger partial charge in [0, 0.05) is 23.7 Å². The quantitative estimate of drug-likeness (QED) is 0.404. The lowest BCUT2D eigenvalue weighted by Crippen LogP contribution is -2.44. The van der Waals surface area contributed by atoms with Gasteiger partial charge >= 0.3 is 11.9 Å². The second-order valence-electron chi connectivity index (χ2n) is 9.58. The molecule has 1 amide bonds. The second-order valence-corrected chi connectivity index (χ2v) is 11.4. The molecule has 5 rings (SSSR count). The molecule has 0 aliphatic carbocycles. The molecular weight excluding hydrogens is 534 g/mol. The Morgan fingerprint density at radius 1 is 1.10 bits per heavy atom. The van der Waals surface area contributed by atoms with Crippen molar-refractivity contribution >= 4 is 46.1 Å². The number of nitrogens with zero attached hydrogens (tertiary/aromatic N) is 3.